The van der Waals surface area contributed by atoms with Gasteiger partial charge in [-0.05, 0) is 43.7 Å². The molecule has 2 aromatic heterocycles. The first-order chi connectivity index (χ1) is 24.1. The molecule has 4 amide bonds. The van der Waals surface area contributed by atoms with Crippen LogP contribution in [0.25, 0.3) is 0 Å². The number of rotatable bonds is 18. The molecule has 0 bridgehead atoms. The second-order valence-corrected chi connectivity index (χ2v) is 14.5. The van der Waals surface area contributed by atoms with Crippen LogP contribution in [-0.2, 0) is 40.3 Å². The SMILES string of the molecule is COC(C)[C@@H](NC(=O)N(C)Cc1csc(C(C)C)n1)C(=O)N[C@H](CC[C@H](Cc1ccccc1)NC(=O)OCc1cncs1)Cc1ccccc1. The van der Waals surface area contributed by atoms with Crippen LogP contribution in [0.3, 0.4) is 0 Å². The molecule has 50 heavy (non-hydrogen) atoms. The quantitative estimate of drug-likeness (QED) is 0.110. The highest BCUT2D eigenvalue weighted by atomic mass is 32.1. The zero-order valence-electron chi connectivity index (χ0n) is 29.3. The van der Waals surface area contributed by atoms with Crippen LogP contribution in [0.5, 0.6) is 0 Å². The van der Waals surface area contributed by atoms with E-state index in [0.29, 0.717) is 38.1 Å². The van der Waals surface area contributed by atoms with E-state index in [9.17, 15) is 14.4 Å². The number of nitrogens with zero attached hydrogens (tertiary/aromatic N) is 3. The standard InChI is InChI=1S/C37H48N6O5S2/c1-25(2)35-40-31(23-49-35)21-43(4)36(45)42-33(26(3)47-5)34(44)39-29(18-27-12-8-6-9-13-27)16-17-30(19-28-14-10-7-11-15-28)41-37(46)48-22-32-20-38-24-50-32/h6-15,20,23-26,29-30,33H,16-19,21-22H2,1-5H3,(H,39,44)(H,41,46)(H,42,45)/t26?,29-,30-,33-/m1/s1. The third kappa shape index (κ3) is 12.5. The van der Waals surface area contributed by atoms with Crippen LogP contribution in [0.2, 0.25) is 0 Å². The fourth-order valence-corrected chi connectivity index (χ4v) is 6.68. The molecule has 0 spiro atoms. The molecule has 2 aromatic carbocycles. The first-order valence-corrected chi connectivity index (χ1v) is 18.5. The summed E-state index contributed by atoms with van der Waals surface area (Å²) in [5, 5.41) is 12.1. The number of aromatic nitrogens is 2. The summed E-state index contributed by atoms with van der Waals surface area (Å²) in [5.41, 5.74) is 4.62. The molecule has 0 aliphatic carbocycles. The van der Waals surface area contributed by atoms with Crippen molar-refractivity contribution in [2.45, 2.75) is 89.8 Å². The van der Waals surface area contributed by atoms with Gasteiger partial charge < -0.3 is 30.3 Å². The average Bonchev–Trinajstić information content (AvgIpc) is 3.82. The van der Waals surface area contributed by atoms with E-state index in [1.54, 1.807) is 37.0 Å². The lowest BCUT2D eigenvalue weighted by atomic mass is 9.95. The van der Waals surface area contributed by atoms with Gasteiger partial charge in [-0.3, -0.25) is 9.78 Å². The van der Waals surface area contributed by atoms with Gasteiger partial charge in [-0.15, -0.1) is 22.7 Å². The van der Waals surface area contributed by atoms with Crippen molar-refractivity contribution in [3.8, 4) is 0 Å². The molecule has 0 aliphatic rings. The summed E-state index contributed by atoms with van der Waals surface area (Å²) in [7, 11) is 3.19. The number of ether oxygens (including phenoxy) is 2. The van der Waals surface area contributed by atoms with Crippen molar-refractivity contribution in [3.63, 3.8) is 0 Å². The molecule has 2 heterocycles. The molecule has 0 fully saturated rings. The fraction of sp³-hybridized carbons (Fsp3) is 0.432. The first-order valence-electron chi connectivity index (χ1n) is 16.8. The Morgan fingerprint density at radius 2 is 1.48 bits per heavy atom. The van der Waals surface area contributed by atoms with Gasteiger partial charge in [0.05, 0.1) is 33.7 Å². The lowest BCUT2D eigenvalue weighted by molar-refractivity contribution is -0.126. The Morgan fingerprint density at radius 1 is 0.860 bits per heavy atom. The molecule has 11 nitrogen and oxygen atoms in total. The van der Waals surface area contributed by atoms with Crippen LogP contribution in [0.15, 0.2) is 77.8 Å². The summed E-state index contributed by atoms with van der Waals surface area (Å²) in [6.07, 6.45) is 2.83. The van der Waals surface area contributed by atoms with Crippen molar-refractivity contribution in [2.24, 2.45) is 0 Å². The molecule has 4 rings (SSSR count). The number of carbonyl (C=O) groups excluding carboxylic acids is 3. The van der Waals surface area contributed by atoms with Gasteiger partial charge >= 0.3 is 12.1 Å². The molecule has 3 N–H and O–H groups in total. The topological polar surface area (TPSA) is 135 Å². The summed E-state index contributed by atoms with van der Waals surface area (Å²) in [4.78, 5) is 51.1. The third-order valence-electron chi connectivity index (χ3n) is 8.22. The summed E-state index contributed by atoms with van der Waals surface area (Å²) < 4.78 is 11.0. The Bertz CT molecular complexity index is 1600. The van der Waals surface area contributed by atoms with E-state index in [1.807, 2.05) is 66.0 Å². The van der Waals surface area contributed by atoms with E-state index in [4.69, 9.17) is 9.47 Å². The summed E-state index contributed by atoms with van der Waals surface area (Å²) in [5.74, 6) is -0.0472. The van der Waals surface area contributed by atoms with Gasteiger partial charge in [0.2, 0.25) is 5.91 Å². The number of thiazole rings is 2. The van der Waals surface area contributed by atoms with Crippen LogP contribution >= 0.6 is 22.7 Å². The Balaban J connectivity index is 1.45. The van der Waals surface area contributed by atoms with Crippen molar-refractivity contribution in [2.75, 3.05) is 14.2 Å². The highest BCUT2D eigenvalue weighted by Crippen LogP contribution is 2.20. The molecule has 0 aliphatic heterocycles. The van der Waals surface area contributed by atoms with Crippen LogP contribution in [0.1, 0.15) is 66.2 Å². The Kier molecular flexibility index (Phi) is 15.2. The number of urea groups is 1. The monoisotopic (exact) mass is 720 g/mol. The molecular formula is C37H48N6O5S2. The van der Waals surface area contributed by atoms with Gasteiger partial charge in [-0.25, -0.2) is 14.6 Å². The molecule has 13 heteroatoms. The zero-order valence-corrected chi connectivity index (χ0v) is 31.0. The second kappa shape index (κ2) is 19.8. The minimum Gasteiger partial charge on any atom is -0.444 e. The number of methoxy groups -OCH3 is 1. The van der Waals surface area contributed by atoms with Gasteiger partial charge in [0.15, 0.2) is 0 Å². The minimum atomic E-state index is -0.949. The Morgan fingerprint density at radius 3 is 2.02 bits per heavy atom. The van der Waals surface area contributed by atoms with E-state index < -0.39 is 24.3 Å². The van der Waals surface area contributed by atoms with Gasteiger partial charge in [-0.2, -0.15) is 0 Å². The van der Waals surface area contributed by atoms with E-state index >= 15 is 0 Å². The smallest absolute Gasteiger partial charge is 0.407 e. The van der Waals surface area contributed by atoms with Gasteiger partial charge in [0.1, 0.15) is 12.6 Å². The van der Waals surface area contributed by atoms with Crippen molar-refractivity contribution >= 4 is 40.7 Å². The summed E-state index contributed by atoms with van der Waals surface area (Å²) in [6.45, 7) is 6.37. The second-order valence-electron chi connectivity index (χ2n) is 12.6. The molecule has 268 valence electrons. The predicted octanol–water partition coefficient (Wildman–Crippen LogP) is 6.31. The molecule has 4 atom stereocenters. The molecule has 0 saturated carbocycles. The van der Waals surface area contributed by atoms with Crippen LogP contribution in [0.4, 0.5) is 9.59 Å². The fourth-order valence-electron chi connectivity index (χ4n) is 5.35. The van der Waals surface area contributed by atoms with Crippen LogP contribution < -0.4 is 16.0 Å². The number of alkyl carbamates (subject to hydrolysis) is 1. The Hall–Kier alpha value is -4.33. The number of benzene rings is 2. The minimum absolute atomic E-state index is 0.143. The summed E-state index contributed by atoms with van der Waals surface area (Å²) >= 11 is 3.00. The third-order valence-corrected chi connectivity index (χ3v) is 10.2. The zero-order chi connectivity index (χ0) is 35.9. The number of hydrogen-bond acceptors (Lipinski definition) is 9. The van der Waals surface area contributed by atoms with Gasteiger partial charge in [-0.1, -0.05) is 74.5 Å². The number of amides is 4. The van der Waals surface area contributed by atoms with Crippen molar-refractivity contribution in [1.29, 1.82) is 0 Å². The maximum Gasteiger partial charge on any atom is 0.407 e. The molecule has 1 unspecified atom stereocenters. The molecule has 4 aromatic rings. The normalized spacial score (nSPS) is 13.6. The average molecular weight is 721 g/mol. The highest BCUT2D eigenvalue weighted by Gasteiger charge is 2.30. The summed E-state index contributed by atoms with van der Waals surface area (Å²) in [6, 6.07) is 17.9. The maximum absolute atomic E-state index is 13.9. The largest absolute Gasteiger partial charge is 0.444 e. The maximum atomic E-state index is 13.9. The van der Waals surface area contributed by atoms with E-state index in [2.05, 4.69) is 39.8 Å². The van der Waals surface area contributed by atoms with E-state index in [1.165, 1.54) is 23.3 Å². The van der Waals surface area contributed by atoms with Crippen molar-refractivity contribution in [3.05, 3.63) is 104 Å². The first kappa shape index (κ1) is 38.5. The van der Waals surface area contributed by atoms with Gasteiger partial charge in [0, 0.05) is 43.7 Å². The number of carbonyl (C=O) groups is 3. The van der Waals surface area contributed by atoms with Crippen LogP contribution in [0, 0.1) is 0 Å². The number of nitrogens with one attached hydrogen (secondary N) is 3. The van der Waals surface area contributed by atoms with Crippen LogP contribution in [-0.4, -0.2) is 71.3 Å². The Labute approximate surface area is 302 Å². The van der Waals surface area contributed by atoms with E-state index in [0.717, 1.165) is 26.7 Å². The molecular weight excluding hydrogens is 673 g/mol. The predicted molar refractivity (Wildman–Crippen MR) is 197 cm³/mol. The number of hydrogen-bond donors (Lipinski definition) is 3. The molecule has 0 saturated heterocycles. The van der Waals surface area contributed by atoms with Crippen molar-refractivity contribution in [1.82, 2.24) is 30.8 Å². The van der Waals surface area contributed by atoms with Crippen molar-refractivity contribution < 1.29 is 23.9 Å². The van der Waals surface area contributed by atoms with E-state index in [-0.39, 0.29) is 24.6 Å². The van der Waals surface area contributed by atoms with Gasteiger partial charge in [0.25, 0.3) is 0 Å². The lowest BCUT2D eigenvalue weighted by Crippen LogP contribution is -2.57. The lowest BCUT2D eigenvalue weighted by Gasteiger charge is -2.29. The highest BCUT2D eigenvalue weighted by molar-refractivity contribution is 7.09. The molecule has 0 radical (unpaired) electrons.